The van der Waals surface area contributed by atoms with Crippen LogP contribution in [-0.2, 0) is 0 Å². The smallest absolute Gasteiger partial charge is 0.266 e. The molecule has 7 heteroatoms. The molecule has 3 aromatic carbocycles. The molecule has 1 aliphatic rings. The Bertz CT molecular complexity index is 1130. The number of nitrogens with one attached hydrogen (secondary N) is 1. The highest BCUT2D eigenvalue weighted by Gasteiger charge is 2.36. The van der Waals surface area contributed by atoms with Gasteiger partial charge in [0.1, 0.15) is 11.5 Å². The number of nitrogens with zero attached hydrogens (tertiary/aromatic N) is 1. The van der Waals surface area contributed by atoms with Gasteiger partial charge < -0.3 is 14.8 Å². The van der Waals surface area contributed by atoms with Crippen molar-refractivity contribution in [2.24, 2.45) is 0 Å². The van der Waals surface area contributed by atoms with Crippen LogP contribution in [0.2, 0.25) is 0 Å². The molecule has 0 bridgehead atoms. The number of hydrogen-bond donors (Lipinski definition) is 1. The van der Waals surface area contributed by atoms with Gasteiger partial charge >= 0.3 is 0 Å². The Balaban J connectivity index is 1.52. The summed E-state index contributed by atoms with van der Waals surface area (Å²) in [5.74, 6) is 0.0345. The summed E-state index contributed by atoms with van der Waals surface area (Å²) in [4.78, 5) is 39.2. The fourth-order valence-corrected chi connectivity index (χ4v) is 3.52. The van der Waals surface area contributed by atoms with Gasteiger partial charge in [-0.1, -0.05) is 12.1 Å². The average molecular weight is 430 g/mol. The normalized spacial score (nSPS) is 12.5. The maximum absolute atomic E-state index is 12.8. The van der Waals surface area contributed by atoms with Gasteiger partial charge in [0.15, 0.2) is 0 Å². The second-order valence-electron chi connectivity index (χ2n) is 7.05. The number of imide groups is 1. The number of amides is 3. The van der Waals surface area contributed by atoms with Crippen molar-refractivity contribution in [1.29, 1.82) is 0 Å². The molecule has 0 fully saturated rings. The number of fused-ring (bicyclic) bond motifs is 1. The first-order valence-corrected chi connectivity index (χ1v) is 10.3. The van der Waals surface area contributed by atoms with Crippen molar-refractivity contribution in [3.63, 3.8) is 0 Å². The Kier molecular flexibility index (Phi) is 5.89. The van der Waals surface area contributed by atoms with Crippen LogP contribution in [0.15, 0.2) is 66.7 Å². The number of carbonyl (C=O) groups is 3. The van der Waals surface area contributed by atoms with E-state index in [0.717, 1.165) is 4.90 Å². The number of benzene rings is 3. The minimum absolute atomic E-state index is 0.332. The van der Waals surface area contributed by atoms with Gasteiger partial charge in [0.25, 0.3) is 17.7 Å². The van der Waals surface area contributed by atoms with E-state index in [1.165, 1.54) is 0 Å². The Hall–Kier alpha value is -4.13. The zero-order valence-electron chi connectivity index (χ0n) is 17.8. The van der Waals surface area contributed by atoms with E-state index >= 15 is 0 Å². The van der Waals surface area contributed by atoms with Gasteiger partial charge in [-0.3, -0.25) is 14.4 Å². The number of hydrogen-bond acceptors (Lipinski definition) is 5. The average Bonchev–Trinajstić information content (AvgIpc) is 3.05. The quantitative estimate of drug-likeness (QED) is 0.557. The topological polar surface area (TPSA) is 84.9 Å². The van der Waals surface area contributed by atoms with E-state index in [1.807, 2.05) is 13.8 Å². The maximum atomic E-state index is 12.8. The summed E-state index contributed by atoms with van der Waals surface area (Å²) in [6.45, 7) is 4.66. The summed E-state index contributed by atoms with van der Waals surface area (Å²) in [5, 5.41) is 2.82. The summed E-state index contributed by atoms with van der Waals surface area (Å²) in [6, 6.07) is 18.3. The van der Waals surface area contributed by atoms with E-state index in [2.05, 4.69) is 5.32 Å². The summed E-state index contributed by atoms with van der Waals surface area (Å²) < 4.78 is 11.0. The Morgan fingerprint density at radius 3 is 1.84 bits per heavy atom. The first-order chi connectivity index (χ1) is 15.5. The van der Waals surface area contributed by atoms with Gasteiger partial charge in [0.05, 0.1) is 30.0 Å². The number of ether oxygens (including phenoxy) is 2. The molecular weight excluding hydrogens is 408 g/mol. The maximum Gasteiger partial charge on any atom is 0.266 e. The molecule has 0 spiro atoms. The van der Waals surface area contributed by atoms with Crippen LogP contribution in [0.4, 0.5) is 11.4 Å². The molecule has 4 rings (SSSR count). The molecule has 1 N–H and O–H groups in total. The number of carbonyl (C=O) groups excluding carboxylic acids is 3. The van der Waals surface area contributed by atoms with Crippen molar-refractivity contribution in [2.75, 3.05) is 23.4 Å². The lowest BCUT2D eigenvalue weighted by Gasteiger charge is -2.15. The van der Waals surface area contributed by atoms with E-state index in [0.29, 0.717) is 52.8 Å². The van der Waals surface area contributed by atoms with E-state index in [-0.39, 0.29) is 17.7 Å². The molecule has 0 saturated heterocycles. The molecule has 3 amide bonds. The van der Waals surface area contributed by atoms with Crippen molar-refractivity contribution in [1.82, 2.24) is 0 Å². The summed E-state index contributed by atoms with van der Waals surface area (Å²) in [7, 11) is 0. The highest BCUT2D eigenvalue weighted by molar-refractivity contribution is 6.34. The van der Waals surface area contributed by atoms with Gasteiger partial charge in [0, 0.05) is 17.3 Å². The molecule has 1 aliphatic heterocycles. The molecule has 0 aromatic heterocycles. The zero-order valence-corrected chi connectivity index (χ0v) is 17.8. The van der Waals surface area contributed by atoms with E-state index in [4.69, 9.17) is 9.47 Å². The standard InChI is InChI=1S/C25H22N2O5/c1-3-31-19-13-16(14-20(15-19)32-4-2)23(28)26-17-9-11-18(12-10-17)27-24(29)21-7-5-6-8-22(21)25(27)30/h5-15H,3-4H2,1-2H3,(H,26,28). The van der Waals surface area contributed by atoms with Crippen LogP contribution in [-0.4, -0.2) is 30.9 Å². The van der Waals surface area contributed by atoms with Crippen LogP contribution < -0.4 is 19.7 Å². The molecule has 1 heterocycles. The second kappa shape index (κ2) is 8.93. The summed E-state index contributed by atoms with van der Waals surface area (Å²) >= 11 is 0. The van der Waals surface area contributed by atoms with Crippen molar-refractivity contribution in [3.05, 3.63) is 83.4 Å². The third-order valence-electron chi connectivity index (χ3n) is 4.94. The Labute approximate surface area is 185 Å². The largest absolute Gasteiger partial charge is 0.494 e. The highest BCUT2D eigenvalue weighted by atomic mass is 16.5. The molecular formula is C25H22N2O5. The summed E-state index contributed by atoms with van der Waals surface area (Å²) in [6.07, 6.45) is 0. The Morgan fingerprint density at radius 2 is 1.34 bits per heavy atom. The molecule has 32 heavy (non-hydrogen) atoms. The predicted molar refractivity (Wildman–Crippen MR) is 121 cm³/mol. The molecule has 0 unspecified atom stereocenters. The zero-order chi connectivity index (χ0) is 22.7. The van der Waals surface area contributed by atoms with Crippen molar-refractivity contribution >= 4 is 29.1 Å². The lowest BCUT2D eigenvalue weighted by molar-refractivity contribution is 0.0924. The SMILES string of the molecule is CCOc1cc(OCC)cc(C(=O)Nc2ccc(N3C(=O)c4ccccc4C3=O)cc2)c1. The lowest BCUT2D eigenvalue weighted by Crippen LogP contribution is -2.29. The minimum Gasteiger partial charge on any atom is -0.494 e. The molecule has 0 aliphatic carbocycles. The minimum atomic E-state index is -0.362. The van der Waals surface area contributed by atoms with Crippen molar-refractivity contribution in [2.45, 2.75) is 13.8 Å². The van der Waals surface area contributed by atoms with Crippen molar-refractivity contribution in [3.8, 4) is 11.5 Å². The monoisotopic (exact) mass is 430 g/mol. The molecule has 7 nitrogen and oxygen atoms in total. The van der Waals surface area contributed by atoms with Gasteiger partial charge in [-0.15, -0.1) is 0 Å². The Morgan fingerprint density at radius 1 is 0.812 bits per heavy atom. The molecule has 3 aromatic rings. The van der Waals surface area contributed by atoms with Crippen LogP contribution in [0.3, 0.4) is 0 Å². The predicted octanol–water partition coefficient (Wildman–Crippen LogP) is 4.54. The first-order valence-electron chi connectivity index (χ1n) is 10.3. The van der Waals surface area contributed by atoms with Crippen molar-refractivity contribution < 1.29 is 23.9 Å². The fourth-order valence-electron chi connectivity index (χ4n) is 3.52. The first kappa shape index (κ1) is 21.1. The van der Waals surface area contributed by atoms with Gasteiger partial charge in [-0.25, -0.2) is 4.90 Å². The van der Waals surface area contributed by atoms with Crippen LogP contribution in [0.1, 0.15) is 44.9 Å². The number of rotatable bonds is 7. The lowest BCUT2D eigenvalue weighted by atomic mass is 10.1. The van der Waals surface area contributed by atoms with Gasteiger partial charge in [0.2, 0.25) is 0 Å². The number of anilines is 2. The van der Waals surface area contributed by atoms with Crippen LogP contribution >= 0.6 is 0 Å². The molecule has 0 radical (unpaired) electrons. The van der Waals surface area contributed by atoms with Crippen LogP contribution in [0.5, 0.6) is 11.5 Å². The second-order valence-corrected chi connectivity index (χ2v) is 7.05. The molecule has 162 valence electrons. The van der Waals surface area contributed by atoms with E-state index in [1.54, 1.807) is 66.7 Å². The van der Waals surface area contributed by atoms with Crippen LogP contribution in [0, 0.1) is 0 Å². The van der Waals surface area contributed by atoms with E-state index < -0.39 is 0 Å². The van der Waals surface area contributed by atoms with Gasteiger partial charge in [-0.05, 0) is 62.4 Å². The van der Waals surface area contributed by atoms with Gasteiger partial charge in [-0.2, -0.15) is 0 Å². The summed E-state index contributed by atoms with van der Waals surface area (Å²) in [5.41, 5.74) is 2.12. The third kappa shape index (κ3) is 4.05. The molecule has 0 saturated carbocycles. The third-order valence-corrected chi connectivity index (χ3v) is 4.94. The highest BCUT2D eigenvalue weighted by Crippen LogP contribution is 2.29. The van der Waals surface area contributed by atoms with Crippen LogP contribution in [0.25, 0.3) is 0 Å². The van der Waals surface area contributed by atoms with E-state index in [9.17, 15) is 14.4 Å². The fraction of sp³-hybridized carbons (Fsp3) is 0.160. The molecule has 0 atom stereocenters.